The Morgan fingerprint density at radius 3 is 2.50 bits per heavy atom. The van der Waals surface area contributed by atoms with Crippen LogP contribution in [0.15, 0.2) is 41.1 Å². The number of hydrogen-bond donors (Lipinski definition) is 1. The molecule has 20 heavy (non-hydrogen) atoms. The Morgan fingerprint density at radius 2 is 1.85 bits per heavy atom. The largest absolute Gasteiger partial charge is 0.372 e. The van der Waals surface area contributed by atoms with Crippen LogP contribution >= 0.6 is 0 Å². The van der Waals surface area contributed by atoms with E-state index >= 15 is 0 Å². The number of anilines is 2. The number of nitrogens with one attached hydrogen (secondary N) is 1. The van der Waals surface area contributed by atoms with E-state index in [9.17, 15) is 4.79 Å². The van der Waals surface area contributed by atoms with Gasteiger partial charge < -0.3 is 14.7 Å². The fourth-order valence-corrected chi connectivity index (χ4v) is 2.43. The molecule has 1 aliphatic heterocycles. The Labute approximate surface area is 117 Å². The summed E-state index contributed by atoms with van der Waals surface area (Å²) in [4.78, 5) is 14.2. The Hall–Kier alpha value is -2.30. The third-order valence-electron chi connectivity index (χ3n) is 3.51. The molecule has 0 bridgehead atoms. The average Bonchev–Trinajstić information content (AvgIpc) is 3.03. The van der Waals surface area contributed by atoms with Gasteiger partial charge in [0, 0.05) is 30.5 Å². The molecule has 0 unspecified atom stereocenters. The summed E-state index contributed by atoms with van der Waals surface area (Å²) in [7, 11) is 0. The highest BCUT2D eigenvalue weighted by molar-refractivity contribution is 6.02. The predicted octanol–water partition coefficient (Wildman–Crippen LogP) is 2.92. The highest BCUT2D eigenvalue weighted by Gasteiger charge is 2.12. The maximum atomic E-state index is 11.8. The standard InChI is InChI=1S/C15H17N3O2/c19-15(14-8-9-16-20-14)17-12-4-6-13(7-5-12)18-10-2-1-3-11-18/h4-9H,1-3,10-11H2,(H,17,19). The molecule has 1 aliphatic rings. The molecule has 0 spiro atoms. The number of hydrogen-bond acceptors (Lipinski definition) is 4. The van der Waals surface area contributed by atoms with Gasteiger partial charge in [-0.2, -0.15) is 0 Å². The van der Waals surface area contributed by atoms with Gasteiger partial charge in [-0.3, -0.25) is 4.79 Å². The molecule has 2 aromatic rings. The van der Waals surface area contributed by atoms with E-state index in [4.69, 9.17) is 4.52 Å². The van der Waals surface area contributed by atoms with Crippen LogP contribution in [0.3, 0.4) is 0 Å². The van der Waals surface area contributed by atoms with Gasteiger partial charge in [-0.1, -0.05) is 5.16 Å². The van der Waals surface area contributed by atoms with Crippen molar-refractivity contribution in [1.29, 1.82) is 0 Å². The van der Waals surface area contributed by atoms with Gasteiger partial charge in [0.25, 0.3) is 5.91 Å². The molecule has 0 aliphatic carbocycles. The maximum Gasteiger partial charge on any atom is 0.294 e. The number of carbonyl (C=O) groups excluding carboxylic acids is 1. The molecule has 5 nitrogen and oxygen atoms in total. The van der Waals surface area contributed by atoms with Crippen molar-refractivity contribution in [1.82, 2.24) is 5.16 Å². The van der Waals surface area contributed by atoms with Crippen molar-refractivity contribution < 1.29 is 9.32 Å². The van der Waals surface area contributed by atoms with E-state index in [-0.39, 0.29) is 11.7 Å². The normalized spacial score (nSPS) is 15.1. The summed E-state index contributed by atoms with van der Waals surface area (Å²) in [5.74, 6) is -0.0710. The van der Waals surface area contributed by atoms with Gasteiger partial charge in [-0.05, 0) is 43.5 Å². The molecule has 1 saturated heterocycles. The van der Waals surface area contributed by atoms with E-state index in [0.717, 1.165) is 18.8 Å². The highest BCUT2D eigenvalue weighted by Crippen LogP contribution is 2.22. The summed E-state index contributed by atoms with van der Waals surface area (Å²) in [6.07, 6.45) is 5.28. The molecule has 1 fully saturated rings. The first-order valence-corrected chi connectivity index (χ1v) is 6.90. The van der Waals surface area contributed by atoms with Gasteiger partial charge in [-0.25, -0.2) is 0 Å². The minimum absolute atomic E-state index is 0.213. The summed E-state index contributed by atoms with van der Waals surface area (Å²) < 4.78 is 4.82. The Balaban J connectivity index is 1.65. The van der Waals surface area contributed by atoms with Crippen LogP contribution in [-0.2, 0) is 0 Å². The number of nitrogens with zero attached hydrogens (tertiary/aromatic N) is 2. The van der Waals surface area contributed by atoms with Gasteiger partial charge in [0.1, 0.15) is 0 Å². The van der Waals surface area contributed by atoms with E-state index in [0.29, 0.717) is 0 Å². The average molecular weight is 271 g/mol. The second-order valence-corrected chi connectivity index (χ2v) is 4.93. The summed E-state index contributed by atoms with van der Waals surface area (Å²) in [5, 5.41) is 6.30. The minimum atomic E-state index is -0.284. The van der Waals surface area contributed by atoms with Gasteiger partial charge in [-0.15, -0.1) is 0 Å². The van der Waals surface area contributed by atoms with Crippen molar-refractivity contribution in [3.63, 3.8) is 0 Å². The van der Waals surface area contributed by atoms with E-state index in [1.807, 2.05) is 24.3 Å². The second-order valence-electron chi connectivity index (χ2n) is 4.93. The number of rotatable bonds is 3. The van der Waals surface area contributed by atoms with Gasteiger partial charge in [0.05, 0.1) is 6.20 Å². The van der Waals surface area contributed by atoms with Crippen LogP contribution in [0.5, 0.6) is 0 Å². The smallest absolute Gasteiger partial charge is 0.294 e. The van der Waals surface area contributed by atoms with Crippen molar-refractivity contribution in [2.24, 2.45) is 0 Å². The van der Waals surface area contributed by atoms with E-state index in [2.05, 4.69) is 15.4 Å². The molecule has 1 aromatic carbocycles. The second kappa shape index (κ2) is 5.77. The Kier molecular flexibility index (Phi) is 3.67. The molecule has 104 valence electrons. The molecule has 2 heterocycles. The molecule has 1 amide bonds. The third kappa shape index (κ3) is 2.82. The van der Waals surface area contributed by atoms with Crippen molar-refractivity contribution in [2.45, 2.75) is 19.3 Å². The zero-order chi connectivity index (χ0) is 13.8. The molecule has 5 heteroatoms. The number of carbonyl (C=O) groups is 1. The zero-order valence-electron chi connectivity index (χ0n) is 11.2. The van der Waals surface area contributed by atoms with Crippen LogP contribution < -0.4 is 10.2 Å². The van der Waals surface area contributed by atoms with Crippen LogP contribution in [0.4, 0.5) is 11.4 Å². The van der Waals surface area contributed by atoms with E-state index in [1.54, 1.807) is 0 Å². The van der Waals surface area contributed by atoms with E-state index in [1.165, 1.54) is 37.2 Å². The van der Waals surface area contributed by atoms with Gasteiger partial charge in [0.2, 0.25) is 5.76 Å². The van der Waals surface area contributed by atoms with Crippen molar-refractivity contribution in [2.75, 3.05) is 23.3 Å². The predicted molar refractivity (Wildman–Crippen MR) is 77.0 cm³/mol. The fraction of sp³-hybridized carbons (Fsp3) is 0.333. The summed E-state index contributed by atoms with van der Waals surface area (Å²) >= 11 is 0. The zero-order valence-corrected chi connectivity index (χ0v) is 11.2. The molecule has 0 atom stereocenters. The third-order valence-corrected chi connectivity index (χ3v) is 3.51. The fourth-order valence-electron chi connectivity index (χ4n) is 2.43. The maximum absolute atomic E-state index is 11.8. The van der Waals surface area contributed by atoms with Crippen molar-refractivity contribution in [3.8, 4) is 0 Å². The first-order valence-electron chi connectivity index (χ1n) is 6.90. The summed E-state index contributed by atoms with van der Waals surface area (Å²) in [6.45, 7) is 2.23. The lowest BCUT2D eigenvalue weighted by molar-refractivity contribution is 0.0988. The molecule has 1 N–H and O–H groups in total. The SMILES string of the molecule is O=C(Nc1ccc(N2CCCCC2)cc1)c1ccno1. The summed E-state index contributed by atoms with van der Waals surface area (Å²) in [6, 6.07) is 9.45. The van der Waals surface area contributed by atoms with Crippen LogP contribution in [-0.4, -0.2) is 24.2 Å². The van der Waals surface area contributed by atoms with Crippen LogP contribution in [0, 0.1) is 0 Å². The quantitative estimate of drug-likeness (QED) is 0.932. The highest BCUT2D eigenvalue weighted by atomic mass is 16.5. The lowest BCUT2D eigenvalue weighted by Gasteiger charge is -2.28. The first kappa shape index (κ1) is 12.7. The monoisotopic (exact) mass is 271 g/mol. The molecule has 1 aromatic heterocycles. The lowest BCUT2D eigenvalue weighted by Crippen LogP contribution is -2.29. The minimum Gasteiger partial charge on any atom is -0.372 e. The van der Waals surface area contributed by atoms with Crippen LogP contribution in [0.2, 0.25) is 0 Å². The Bertz CT molecular complexity index is 557. The van der Waals surface area contributed by atoms with Crippen molar-refractivity contribution in [3.05, 3.63) is 42.3 Å². The number of piperidine rings is 1. The van der Waals surface area contributed by atoms with Crippen LogP contribution in [0.25, 0.3) is 0 Å². The number of benzene rings is 1. The first-order chi connectivity index (χ1) is 9.83. The van der Waals surface area contributed by atoms with Gasteiger partial charge in [0.15, 0.2) is 0 Å². The topological polar surface area (TPSA) is 58.4 Å². The molecular formula is C15H17N3O2. The molecular weight excluding hydrogens is 254 g/mol. The van der Waals surface area contributed by atoms with E-state index < -0.39 is 0 Å². The lowest BCUT2D eigenvalue weighted by atomic mass is 10.1. The number of aromatic nitrogens is 1. The molecule has 3 rings (SSSR count). The number of amides is 1. The molecule has 0 saturated carbocycles. The summed E-state index contributed by atoms with van der Waals surface area (Å²) in [5.41, 5.74) is 1.97. The van der Waals surface area contributed by atoms with Crippen LogP contribution in [0.1, 0.15) is 29.8 Å². The molecule has 0 radical (unpaired) electrons. The Morgan fingerprint density at radius 1 is 1.10 bits per heavy atom. The van der Waals surface area contributed by atoms with Gasteiger partial charge >= 0.3 is 0 Å². The van der Waals surface area contributed by atoms with Crippen molar-refractivity contribution >= 4 is 17.3 Å².